The molecule has 0 bridgehead atoms. The van der Waals surface area contributed by atoms with Gasteiger partial charge < -0.3 is 20.1 Å². The number of aryl methyl sites for hydroxylation is 1. The summed E-state index contributed by atoms with van der Waals surface area (Å²) in [7, 11) is 0. The van der Waals surface area contributed by atoms with Crippen LogP contribution in [0.4, 0.5) is 11.4 Å². The van der Waals surface area contributed by atoms with Crippen molar-refractivity contribution in [3.63, 3.8) is 0 Å². The van der Waals surface area contributed by atoms with Crippen LogP contribution < -0.4 is 15.5 Å². The summed E-state index contributed by atoms with van der Waals surface area (Å²) in [6.07, 6.45) is 6.58. The second kappa shape index (κ2) is 8.98. The summed E-state index contributed by atoms with van der Waals surface area (Å²) in [4.78, 5) is 18.7. The minimum Gasteiger partial charge on any atom is -0.351 e. The third-order valence-electron chi connectivity index (χ3n) is 6.01. The number of benzene rings is 1. The van der Waals surface area contributed by atoms with Crippen LogP contribution in [0.1, 0.15) is 63.0 Å². The fraction of sp³-hybridized carbons (Fsp3) is 0.346. The second-order valence-electron chi connectivity index (χ2n) is 9.42. The summed E-state index contributed by atoms with van der Waals surface area (Å²) in [6.45, 7) is 10.4. The maximum absolute atomic E-state index is 11.9. The first kappa shape index (κ1) is 23.0. The smallest absolute Gasteiger partial charge is 0.224 e. The molecule has 2 aromatic heterocycles. The van der Waals surface area contributed by atoms with Crippen molar-refractivity contribution < 1.29 is 4.79 Å². The van der Waals surface area contributed by atoms with E-state index >= 15 is 0 Å². The summed E-state index contributed by atoms with van der Waals surface area (Å²) in [5.74, 6) is 0.000762. The first-order valence-electron chi connectivity index (χ1n) is 11.3. The number of pyridine rings is 1. The Morgan fingerprint density at radius 2 is 2.00 bits per heavy atom. The zero-order valence-electron chi connectivity index (χ0n) is 19.8. The molecule has 0 radical (unpaired) electrons. The van der Waals surface area contributed by atoms with Crippen LogP contribution in [0.5, 0.6) is 0 Å². The number of anilines is 2. The summed E-state index contributed by atoms with van der Waals surface area (Å²) in [5.41, 5.74) is 4.87. The highest BCUT2D eigenvalue weighted by Gasteiger charge is 2.41. The van der Waals surface area contributed by atoms with Crippen LogP contribution >= 0.6 is 12.2 Å². The van der Waals surface area contributed by atoms with E-state index in [-0.39, 0.29) is 23.5 Å². The molecular formula is C26H31N5OS. The van der Waals surface area contributed by atoms with Crippen molar-refractivity contribution in [2.75, 3.05) is 10.2 Å². The van der Waals surface area contributed by atoms with Crippen LogP contribution in [0.3, 0.4) is 0 Å². The van der Waals surface area contributed by atoms with E-state index in [4.69, 9.17) is 12.2 Å². The number of aromatic nitrogens is 2. The Balaban J connectivity index is 1.77. The molecule has 0 unspecified atom stereocenters. The fourth-order valence-electron chi connectivity index (χ4n) is 4.15. The number of rotatable bonds is 5. The van der Waals surface area contributed by atoms with E-state index in [0.717, 1.165) is 28.2 Å². The molecule has 4 rings (SSSR count). The monoisotopic (exact) mass is 461 g/mol. The molecule has 3 heterocycles. The second-order valence-corrected chi connectivity index (χ2v) is 9.81. The Labute approximate surface area is 201 Å². The van der Waals surface area contributed by atoms with E-state index in [1.165, 1.54) is 0 Å². The van der Waals surface area contributed by atoms with Crippen LogP contribution in [-0.4, -0.2) is 20.6 Å². The van der Waals surface area contributed by atoms with Gasteiger partial charge in [-0.2, -0.15) is 0 Å². The molecule has 1 aromatic carbocycles. The van der Waals surface area contributed by atoms with Gasteiger partial charge in [0.2, 0.25) is 5.91 Å². The zero-order chi connectivity index (χ0) is 23.8. The number of nitrogens with one attached hydrogen (secondary N) is 2. The highest BCUT2D eigenvalue weighted by Crippen LogP contribution is 2.42. The van der Waals surface area contributed by atoms with Crippen molar-refractivity contribution in [1.29, 1.82) is 0 Å². The predicted octanol–water partition coefficient (Wildman–Crippen LogP) is 5.47. The van der Waals surface area contributed by atoms with Crippen molar-refractivity contribution in [3.8, 4) is 0 Å². The number of hydrogen-bond donors (Lipinski definition) is 2. The first-order valence-corrected chi connectivity index (χ1v) is 11.7. The molecule has 1 fully saturated rings. The minimum atomic E-state index is -0.0886. The summed E-state index contributed by atoms with van der Waals surface area (Å²) < 4.78 is 2.23. The molecule has 1 aliphatic rings. The molecule has 0 spiro atoms. The van der Waals surface area contributed by atoms with Gasteiger partial charge in [-0.3, -0.25) is 9.78 Å². The molecule has 3 aromatic rings. The highest BCUT2D eigenvalue weighted by molar-refractivity contribution is 7.80. The number of hydrogen-bond acceptors (Lipinski definition) is 3. The van der Waals surface area contributed by atoms with Crippen molar-refractivity contribution in [3.05, 3.63) is 77.9 Å². The number of carbonyl (C=O) groups is 1. The molecule has 1 aliphatic heterocycles. The van der Waals surface area contributed by atoms with Gasteiger partial charge in [0.25, 0.3) is 0 Å². The molecule has 1 saturated heterocycles. The summed E-state index contributed by atoms with van der Waals surface area (Å²) in [5, 5.41) is 7.13. The van der Waals surface area contributed by atoms with Gasteiger partial charge in [-0.25, -0.2) is 0 Å². The van der Waals surface area contributed by atoms with E-state index in [2.05, 4.69) is 70.4 Å². The quantitative estimate of drug-likeness (QED) is 0.493. The lowest BCUT2D eigenvalue weighted by atomic mass is 9.98. The number of carbonyl (C=O) groups excluding carboxylic acids is 1. The van der Waals surface area contributed by atoms with Gasteiger partial charge in [-0.15, -0.1) is 0 Å². The van der Waals surface area contributed by atoms with Crippen LogP contribution in [0.15, 0.2) is 61.1 Å². The first-order chi connectivity index (χ1) is 15.7. The van der Waals surface area contributed by atoms with Gasteiger partial charge >= 0.3 is 0 Å². The van der Waals surface area contributed by atoms with Crippen molar-refractivity contribution >= 4 is 34.6 Å². The fourth-order valence-corrected chi connectivity index (χ4v) is 4.50. The zero-order valence-corrected chi connectivity index (χ0v) is 20.6. The lowest BCUT2D eigenvalue weighted by Gasteiger charge is -2.28. The Morgan fingerprint density at radius 3 is 2.61 bits per heavy atom. The molecule has 2 atom stereocenters. The average molecular weight is 462 g/mol. The standard InChI is InChI=1S/C26H31N5OS/c1-6-22(32)28-20-11-10-19(15-17(20)2)31-24(18-12-14-30(16-18)26(3,4)5)23(29-25(31)33)21-9-7-8-13-27-21/h7-16,23-24H,6H2,1-5H3,(H,28,32)(H,29,33)/t23-,24+/m0/s1. The topological polar surface area (TPSA) is 62.2 Å². The third-order valence-corrected chi connectivity index (χ3v) is 6.33. The number of thiocarbonyl (C=S) groups is 1. The molecular weight excluding hydrogens is 430 g/mol. The Bertz CT molecular complexity index is 1160. The van der Waals surface area contributed by atoms with Gasteiger partial charge in [0.15, 0.2) is 5.11 Å². The molecule has 6 nitrogen and oxygen atoms in total. The van der Waals surface area contributed by atoms with Crippen molar-refractivity contribution in [2.45, 2.75) is 58.7 Å². The van der Waals surface area contributed by atoms with Crippen molar-refractivity contribution in [2.24, 2.45) is 0 Å². The Kier molecular flexibility index (Phi) is 6.26. The summed E-state index contributed by atoms with van der Waals surface area (Å²) >= 11 is 5.83. The number of amides is 1. The maximum atomic E-state index is 11.9. The van der Waals surface area contributed by atoms with Crippen LogP contribution in [0.2, 0.25) is 0 Å². The molecule has 1 amide bonds. The lowest BCUT2D eigenvalue weighted by Crippen LogP contribution is -2.29. The SMILES string of the molecule is CCC(=O)Nc1ccc(N2C(=S)N[C@@H](c3ccccn3)[C@H]2c2ccn(C(C)(C)C)c2)cc1C. The largest absolute Gasteiger partial charge is 0.351 e. The van der Waals surface area contributed by atoms with Crippen LogP contribution in [-0.2, 0) is 10.3 Å². The van der Waals surface area contributed by atoms with E-state index in [0.29, 0.717) is 11.5 Å². The van der Waals surface area contributed by atoms with Gasteiger partial charge in [-0.05, 0) is 87.4 Å². The third kappa shape index (κ3) is 4.64. The maximum Gasteiger partial charge on any atom is 0.224 e. The van der Waals surface area contributed by atoms with Gasteiger partial charge in [0.1, 0.15) is 0 Å². The molecule has 172 valence electrons. The molecule has 2 N–H and O–H groups in total. The van der Waals surface area contributed by atoms with Crippen molar-refractivity contribution in [1.82, 2.24) is 14.9 Å². The lowest BCUT2D eigenvalue weighted by molar-refractivity contribution is -0.115. The predicted molar refractivity (Wildman–Crippen MR) is 137 cm³/mol. The minimum absolute atomic E-state index is 0.000762. The number of nitrogens with zero attached hydrogens (tertiary/aromatic N) is 3. The van der Waals surface area contributed by atoms with E-state index in [9.17, 15) is 4.79 Å². The van der Waals surface area contributed by atoms with Gasteiger partial charge in [0.05, 0.1) is 17.8 Å². The van der Waals surface area contributed by atoms with Gasteiger partial charge in [-0.1, -0.05) is 13.0 Å². The summed E-state index contributed by atoms with van der Waals surface area (Å²) in [6, 6.07) is 14.0. The van der Waals surface area contributed by atoms with Crippen LogP contribution in [0, 0.1) is 6.92 Å². The normalized spacial score (nSPS) is 18.3. The highest BCUT2D eigenvalue weighted by atomic mass is 32.1. The molecule has 0 aliphatic carbocycles. The van der Waals surface area contributed by atoms with E-state index in [1.54, 1.807) is 0 Å². The average Bonchev–Trinajstić information content (AvgIpc) is 3.40. The van der Waals surface area contributed by atoms with E-state index < -0.39 is 0 Å². The van der Waals surface area contributed by atoms with Crippen LogP contribution in [0.25, 0.3) is 0 Å². The molecule has 33 heavy (non-hydrogen) atoms. The molecule has 0 saturated carbocycles. The van der Waals surface area contributed by atoms with E-state index in [1.807, 2.05) is 50.4 Å². The Hall–Kier alpha value is -3.19. The molecule has 7 heteroatoms. The van der Waals surface area contributed by atoms with Gasteiger partial charge in [0, 0.05) is 41.9 Å². The Morgan fingerprint density at radius 1 is 1.21 bits per heavy atom.